The van der Waals surface area contributed by atoms with Crippen molar-refractivity contribution in [3.63, 3.8) is 0 Å². The van der Waals surface area contributed by atoms with Crippen LogP contribution in [-0.2, 0) is 26.2 Å². The molecule has 1 aliphatic rings. The van der Waals surface area contributed by atoms with Gasteiger partial charge in [0.1, 0.15) is 12.6 Å². The number of benzene rings is 3. The molecule has 1 saturated carbocycles. The van der Waals surface area contributed by atoms with Crippen molar-refractivity contribution in [1.29, 1.82) is 0 Å². The van der Waals surface area contributed by atoms with Crippen LogP contribution in [0.4, 0.5) is 5.69 Å². The average molecular weight is 610 g/mol. The van der Waals surface area contributed by atoms with Gasteiger partial charge in [-0.25, -0.2) is 8.42 Å². The number of nitrogens with zero attached hydrogens (tertiary/aromatic N) is 2. The van der Waals surface area contributed by atoms with Gasteiger partial charge in [0.25, 0.3) is 10.0 Å². The number of aryl methyl sites for hydroxylation is 3. The maximum atomic E-state index is 14.2. The van der Waals surface area contributed by atoms with Gasteiger partial charge >= 0.3 is 0 Å². The van der Waals surface area contributed by atoms with Crippen LogP contribution in [0.15, 0.2) is 71.6 Å². The highest BCUT2D eigenvalue weighted by Crippen LogP contribution is 2.27. The van der Waals surface area contributed by atoms with Crippen molar-refractivity contribution in [1.82, 2.24) is 10.2 Å². The smallest absolute Gasteiger partial charge is 0.264 e. The third-order valence-electron chi connectivity index (χ3n) is 8.08. The molecule has 7 nitrogen and oxygen atoms in total. The second kappa shape index (κ2) is 13.7. The SMILES string of the molecule is Cc1ccc(S(=O)(=O)N(CC(=O)N(Cc2ccccc2Cl)[C@H](C)C(=O)NC2CCCCC2)c2ccc(C)c(C)c2)cc1. The third kappa shape index (κ3) is 7.53. The number of carbonyl (C=O) groups is 2. The van der Waals surface area contributed by atoms with Gasteiger partial charge in [-0.2, -0.15) is 0 Å². The number of hydrogen-bond acceptors (Lipinski definition) is 4. The van der Waals surface area contributed by atoms with E-state index in [-0.39, 0.29) is 23.4 Å². The lowest BCUT2D eigenvalue weighted by molar-refractivity contribution is -0.139. The highest BCUT2D eigenvalue weighted by molar-refractivity contribution is 7.92. The van der Waals surface area contributed by atoms with Gasteiger partial charge in [-0.3, -0.25) is 13.9 Å². The molecular weight excluding hydrogens is 570 g/mol. The fourth-order valence-electron chi connectivity index (χ4n) is 5.21. The molecule has 0 spiro atoms. The van der Waals surface area contributed by atoms with Gasteiger partial charge in [0.15, 0.2) is 0 Å². The van der Waals surface area contributed by atoms with Gasteiger partial charge in [0.05, 0.1) is 10.6 Å². The second-order valence-electron chi connectivity index (χ2n) is 11.2. The zero-order chi connectivity index (χ0) is 30.4. The highest BCUT2D eigenvalue weighted by atomic mass is 35.5. The van der Waals surface area contributed by atoms with E-state index in [0.717, 1.165) is 53.1 Å². The van der Waals surface area contributed by atoms with E-state index >= 15 is 0 Å². The van der Waals surface area contributed by atoms with Gasteiger partial charge in [0, 0.05) is 17.6 Å². The van der Waals surface area contributed by atoms with Crippen LogP contribution < -0.4 is 9.62 Å². The molecular formula is C33H40ClN3O4S. The molecule has 1 atom stereocenters. The van der Waals surface area contributed by atoms with E-state index in [1.54, 1.807) is 61.5 Å². The van der Waals surface area contributed by atoms with Crippen LogP contribution in [-0.4, -0.2) is 43.8 Å². The molecule has 0 aliphatic heterocycles. The molecule has 1 aliphatic carbocycles. The molecule has 4 rings (SSSR count). The summed E-state index contributed by atoms with van der Waals surface area (Å²) >= 11 is 6.47. The predicted molar refractivity (Wildman–Crippen MR) is 168 cm³/mol. The first-order chi connectivity index (χ1) is 20.0. The molecule has 0 aromatic heterocycles. The van der Waals surface area contributed by atoms with Crippen molar-refractivity contribution in [2.45, 2.75) is 83.3 Å². The summed E-state index contributed by atoms with van der Waals surface area (Å²) in [6.07, 6.45) is 5.09. The Bertz CT molecular complexity index is 1520. The largest absolute Gasteiger partial charge is 0.352 e. The molecule has 1 fully saturated rings. The lowest BCUT2D eigenvalue weighted by Crippen LogP contribution is -2.53. The first-order valence-corrected chi connectivity index (χ1v) is 16.3. The van der Waals surface area contributed by atoms with Crippen LogP contribution in [0.5, 0.6) is 0 Å². The highest BCUT2D eigenvalue weighted by Gasteiger charge is 2.33. The molecule has 9 heteroatoms. The molecule has 0 saturated heterocycles. The lowest BCUT2D eigenvalue weighted by atomic mass is 9.95. The molecule has 1 N–H and O–H groups in total. The molecule has 0 bridgehead atoms. The number of nitrogens with one attached hydrogen (secondary N) is 1. The van der Waals surface area contributed by atoms with Gasteiger partial charge in [0.2, 0.25) is 11.8 Å². The average Bonchev–Trinajstić information content (AvgIpc) is 2.97. The van der Waals surface area contributed by atoms with Crippen LogP contribution in [0.25, 0.3) is 0 Å². The van der Waals surface area contributed by atoms with Gasteiger partial charge in [-0.15, -0.1) is 0 Å². The summed E-state index contributed by atoms with van der Waals surface area (Å²) in [5, 5.41) is 3.58. The lowest BCUT2D eigenvalue weighted by Gasteiger charge is -2.33. The standard InChI is InChI=1S/C33H40ClN3O4S/c1-23-14-18-30(19-15-23)42(40,41)37(29-17-16-24(2)25(3)20-29)22-32(38)36(21-27-10-8-9-13-31(27)34)26(4)33(39)35-28-11-6-5-7-12-28/h8-10,13-20,26,28H,5-7,11-12,21-22H2,1-4H3,(H,35,39)/t26-/m1/s1. The Labute approximate surface area is 254 Å². The number of carbonyl (C=O) groups excluding carboxylic acids is 2. The summed E-state index contributed by atoms with van der Waals surface area (Å²) < 4.78 is 29.2. The van der Waals surface area contributed by atoms with Crippen LogP contribution in [0.2, 0.25) is 5.02 Å². The molecule has 0 radical (unpaired) electrons. The fraction of sp³-hybridized carbons (Fsp3) is 0.394. The molecule has 0 heterocycles. The number of hydrogen-bond donors (Lipinski definition) is 1. The number of anilines is 1. The quantitative estimate of drug-likeness (QED) is 0.291. The monoisotopic (exact) mass is 609 g/mol. The van der Waals surface area contributed by atoms with E-state index in [1.165, 1.54) is 4.90 Å². The van der Waals surface area contributed by atoms with E-state index in [0.29, 0.717) is 16.3 Å². The minimum atomic E-state index is -4.12. The normalized spacial score (nSPS) is 14.7. The Morgan fingerprint density at radius 2 is 1.60 bits per heavy atom. The predicted octanol–water partition coefficient (Wildman–Crippen LogP) is 6.33. The Morgan fingerprint density at radius 1 is 0.929 bits per heavy atom. The van der Waals surface area contributed by atoms with Crippen LogP contribution in [0.1, 0.15) is 61.3 Å². The van der Waals surface area contributed by atoms with E-state index in [1.807, 2.05) is 32.9 Å². The van der Waals surface area contributed by atoms with Crippen molar-refractivity contribution in [2.24, 2.45) is 0 Å². The minimum Gasteiger partial charge on any atom is -0.352 e. The Hall–Kier alpha value is -3.36. The summed E-state index contributed by atoms with van der Waals surface area (Å²) in [6, 6.07) is 18.2. The maximum Gasteiger partial charge on any atom is 0.264 e. The summed E-state index contributed by atoms with van der Waals surface area (Å²) in [5.41, 5.74) is 3.88. The van der Waals surface area contributed by atoms with Crippen LogP contribution in [0.3, 0.4) is 0 Å². The fourth-order valence-corrected chi connectivity index (χ4v) is 6.81. The van der Waals surface area contributed by atoms with Crippen molar-refractivity contribution in [2.75, 3.05) is 10.8 Å². The zero-order valence-corrected chi connectivity index (χ0v) is 26.3. The molecule has 42 heavy (non-hydrogen) atoms. The molecule has 3 aromatic rings. The van der Waals surface area contributed by atoms with Crippen molar-refractivity contribution in [3.8, 4) is 0 Å². The summed E-state index contributed by atoms with van der Waals surface area (Å²) in [6.45, 7) is 6.99. The second-order valence-corrected chi connectivity index (χ2v) is 13.5. The Kier molecular flexibility index (Phi) is 10.3. The minimum absolute atomic E-state index is 0.0586. The van der Waals surface area contributed by atoms with Gasteiger partial charge in [-0.05, 0) is 87.6 Å². The number of halogens is 1. The number of rotatable bonds is 10. The third-order valence-corrected chi connectivity index (χ3v) is 10.2. The van der Waals surface area contributed by atoms with Crippen molar-refractivity contribution in [3.05, 3.63) is 94.0 Å². The first-order valence-electron chi connectivity index (χ1n) is 14.5. The first kappa shape index (κ1) is 31.6. The number of amides is 2. The molecule has 3 aromatic carbocycles. The Morgan fingerprint density at radius 3 is 2.24 bits per heavy atom. The van der Waals surface area contributed by atoms with Crippen molar-refractivity contribution >= 4 is 39.1 Å². The summed E-state index contributed by atoms with van der Waals surface area (Å²) in [4.78, 5) is 29.1. The molecule has 0 unspecified atom stereocenters. The topological polar surface area (TPSA) is 86.8 Å². The van der Waals surface area contributed by atoms with E-state index in [4.69, 9.17) is 11.6 Å². The number of sulfonamides is 1. The van der Waals surface area contributed by atoms with Gasteiger partial charge in [-0.1, -0.05) is 72.8 Å². The molecule has 2 amide bonds. The Balaban J connectivity index is 1.70. The zero-order valence-electron chi connectivity index (χ0n) is 24.8. The summed E-state index contributed by atoms with van der Waals surface area (Å²) in [7, 11) is -4.12. The van der Waals surface area contributed by atoms with E-state index in [2.05, 4.69) is 5.32 Å². The maximum absolute atomic E-state index is 14.2. The van der Waals surface area contributed by atoms with Crippen LogP contribution >= 0.6 is 11.6 Å². The van der Waals surface area contributed by atoms with E-state index < -0.39 is 28.5 Å². The van der Waals surface area contributed by atoms with Gasteiger partial charge < -0.3 is 10.2 Å². The molecule has 224 valence electrons. The van der Waals surface area contributed by atoms with Crippen molar-refractivity contribution < 1.29 is 18.0 Å². The van der Waals surface area contributed by atoms with Crippen LogP contribution in [0, 0.1) is 20.8 Å². The summed E-state index contributed by atoms with van der Waals surface area (Å²) in [5.74, 6) is -0.767. The van der Waals surface area contributed by atoms with E-state index in [9.17, 15) is 18.0 Å².